The van der Waals surface area contributed by atoms with Crippen LogP contribution >= 0.6 is 15.9 Å². The summed E-state index contributed by atoms with van der Waals surface area (Å²) in [5, 5.41) is 2.95. The van der Waals surface area contributed by atoms with E-state index in [4.69, 9.17) is 0 Å². The van der Waals surface area contributed by atoms with E-state index >= 15 is 0 Å². The van der Waals surface area contributed by atoms with Crippen molar-refractivity contribution in [2.45, 2.75) is 26.7 Å². The molecule has 20 heavy (non-hydrogen) atoms. The van der Waals surface area contributed by atoms with Gasteiger partial charge in [0.25, 0.3) is 0 Å². The highest BCUT2D eigenvalue weighted by molar-refractivity contribution is 9.10. The van der Waals surface area contributed by atoms with Gasteiger partial charge in [-0.05, 0) is 53.4 Å². The van der Waals surface area contributed by atoms with Crippen LogP contribution in [0.2, 0.25) is 0 Å². The largest absolute Gasteiger partial charge is 0.325 e. The lowest BCUT2D eigenvalue weighted by atomic mass is 10.1. The van der Waals surface area contributed by atoms with Crippen LogP contribution in [0.4, 0.5) is 5.69 Å². The van der Waals surface area contributed by atoms with E-state index in [1.165, 1.54) is 11.1 Å². The van der Waals surface area contributed by atoms with Crippen LogP contribution in [0.25, 0.3) is 0 Å². The van der Waals surface area contributed by atoms with Crippen LogP contribution in [0.5, 0.6) is 0 Å². The number of carbonyl (C=O) groups excluding carboxylic acids is 1. The lowest BCUT2D eigenvalue weighted by Gasteiger charge is -2.09. The summed E-state index contributed by atoms with van der Waals surface area (Å²) in [6.45, 7) is 4.07. The Balaban J connectivity index is 1.94. The van der Waals surface area contributed by atoms with Crippen LogP contribution in [0.1, 0.15) is 23.1 Å². The topological polar surface area (TPSA) is 29.1 Å². The number of hydrogen-bond acceptors (Lipinski definition) is 1. The number of aryl methyl sites for hydroxylation is 3. The first-order valence-corrected chi connectivity index (χ1v) is 7.46. The van der Waals surface area contributed by atoms with Gasteiger partial charge in [0.2, 0.25) is 5.91 Å². The predicted octanol–water partition coefficient (Wildman–Crippen LogP) is 4.64. The Kier molecular flexibility index (Phi) is 4.96. The van der Waals surface area contributed by atoms with E-state index in [1.807, 2.05) is 31.2 Å². The maximum Gasteiger partial charge on any atom is 0.224 e. The Labute approximate surface area is 128 Å². The average Bonchev–Trinajstić information content (AvgIpc) is 2.42. The first-order valence-electron chi connectivity index (χ1n) is 6.67. The van der Waals surface area contributed by atoms with E-state index in [0.29, 0.717) is 6.42 Å². The van der Waals surface area contributed by atoms with Crippen LogP contribution in [-0.2, 0) is 11.2 Å². The number of rotatable bonds is 4. The van der Waals surface area contributed by atoms with Crippen molar-refractivity contribution in [3.05, 3.63) is 63.6 Å². The van der Waals surface area contributed by atoms with Crippen molar-refractivity contribution in [1.29, 1.82) is 0 Å². The van der Waals surface area contributed by atoms with Crippen LogP contribution < -0.4 is 5.32 Å². The van der Waals surface area contributed by atoms with Crippen molar-refractivity contribution >= 4 is 27.5 Å². The molecule has 0 aromatic heterocycles. The maximum absolute atomic E-state index is 12.0. The Morgan fingerprint density at radius 2 is 1.90 bits per heavy atom. The first-order chi connectivity index (χ1) is 9.56. The molecule has 0 fully saturated rings. The molecule has 0 aliphatic carbocycles. The lowest BCUT2D eigenvalue weighted by Crippen LogP contribution is -2.13. The van der Waals surface area contributed by atoms with Crippen molar-refractivity contribution in [3.8, 4) is 0 Å². The molecule has 2 aromatic carbocycles. The minimum atomic E-state index is 0.0396. The summed E-state index contributed by atoms with van der Waals surface area (Å²) in [4.78, 5) is 12.0. The molecule has 2 rings (SSSR count). The second-order valence-electron chi connectivity index (χ2n) is 4.97. The summed E-state index contributed by atoms with van der Waals surface area (Å²) >= 11 is 3.50. The van der Waals surface area contributed by atoms with Gasteiger partial charge in [-0.3, -0.25) is 4.79 Å². The van der Waals surface area contributed by atoms with Crippen LogP contribution in [0.3, 0.4) is 0 Å². The fraction of sp³-hybridized carbons (Fsp3) is 0.235. The maximum atomic E-state index is 12.0. The summed E-state index contributed by atoms with van der Waals surface area (Å²) in [5.41, 5.74) is 4.37. The highest BCUT2D eigenvalue weighted by Crippen LogP contribution is 2.25. The molecule has 2 aromatic rings. The third kappa shape index (κ3) is 3.94. The number of nitrogens with one attached hydrogen (secondary N) is 1. The standard InChI is InChI=1S/C17H18BrNO/c1-12-5-3-7-14(11-12)9-10-16(20)19-15-8-4-6-13(2)17(15)18/h3-8,11H,9-10H2,1-2H3,(H,19,20). The van der Waals surface area contributed by atoms with Gasteiger partial charge in [-0.2, -0.15) is 0 Å². The molecule has 3 heteroatoms. The van der Waals surface area contributed by atoms with Crippen molar-refractivity contribution in [1.82, 2.24) is 0 Å². The van der Waals surface area contributed by atoms with E-state index in [2.05, 4.69) is 46.4 Å². The van der Waals surface area contributed by atoms with Crippen molar-refractivity contribution in [2.75, 3.05) is 5.32 Å². The van der Waals surface area contributed by atoms with Gasteiger partial charge in [-0.25, -0.2) is 0 Å². The Bertz CT molecular complexity index is 622. The second-order valence-corrected chi connectivity index (χ2v) is 5.77. The van der Waals surface area contributed by atoms with Crippen molar-refractivity contribution in [3.63, 3.8) is 0 Å². The molecule has 0 atom stereocenters. The predicted molar refractivity (Wildman–Crippen MR) is 87.0 cm³/mol. The van der Waals surface area contributed by atoms with Crippen LogP contribution in [-0.4, -0.2) is 5.91 Å². The minimum Gasteiger partial charge on any atom is -0.325 e. The summed E-state index contributed by atoms with van der Waals surface area (Å²) < 4.78 is 0.948. The molecular formula is C17H18BrNO. The third-order valence-corrected chi connectivity index (χ3v) is 4.24. The van der Waals surface area contributed by atoms with Crippen LogP contribution in [0, 0.1) is 13.8 Å². The van der Waals surface area contributed by atoms with Gasteiger partial charge in [-0.1, -0.05) is 42.0 Å². The highest BCUT2D eigenvalue weighted by Gasteiger charge is 2.07. The van der Waals surface area contributed by atoms with Crippen molar-refractivity contribution in [2.24, 2.45) is 0 Å². The minimum absolute atomic E-state index is 0.0396. The van der Waals surface area contributed by atoms with E-state index in [9.17, 15) is 4.79 Å². The molecule has 2 nitrogen and oxygen atoms in total. The van der Waals surface area contributed by atoms with Crippen molar-refractivity contribution < 1.29 is 4.79 Å². The molecule has 1 amide bonds. The molecule has 0 bridgehead atoms. The molecule has 104 valence electrons. The van der Waals surface area contributed by atoms with E-state index in [0.717, 1.165) is 22.1 Å². The number of carbonyl (C=O) groups is 1. The normalized spacial score (nSPS) is 10.3. The number of anilines is 1. The molecule has 1 N–H and O–H groups in total. The van der Waals surface area contributed by atoms with Gasteiger partial charge in [0.15, 0.2) is 0 Å². The summed E-state index contributed by atoms with van der Waals surface area (Å²) in [5.74, 6) is 0.0396. The second kappa shape index (κ2) is 6.71. The fourth-order valence-electron chi connectivity index (χ4n) is 2.08. The average molecular weight is 332 g/mol. The highest BCUT2D eigenvalue weighted by atomic mass is 79.9. The Hall–Kier alpha value is -1.61. The molecular weight excluding hydrogens is 314 g/mol. The smallest absolute Gasteiger partial charge is 0.224 e. The number of amides is 1. The van der Waals surface area contributed by atoms with E-state index < -0.39 is 0 Å². The van der Waals surface area contributed by atoms with E-state index in [-0.39, 0.29) is 5.91 Å². The first kappa shape index (κ1) is 14.8. The molecule has 0 aliphatic rings. The molecule has 0 aliphatic heterocycles. The zero-order valence-corrected chi connectivity index (χ0v) is 13.3. The molecule has 0 saturated heterocycles. The monoisotopic (exact) mass is 331 g/mol. The number of halogens is 1. The van der Waals surface area contributed by atoms with Gasteiger partial charge < -0.3 is 5.32 Å². The third-order valence-electron chi connectivity index (χ3n) is 3.19. The molecule has 0 saturated carbocycles. The summed E-state index contributed by atoms with van der Waals surface area (Å²) in [6.07, 6.45) is 1.25. The zero-order chi connectivity index (χ0) is 14.5. The summed E-state index contributed by atoms with van der Waals surface area (Å²) in [6, 6.07) is 14.1. The molecule has 0 unspecified atom stereocenters. The molecule has 0 heterocycles. The number of benzene rings is 2. The van der Waals surface area contributed by atoms with Gasteiger partial charge >= 0.3 is 0 Å². The van der Waals surface area contributed by atoms with Crippen LogP contribution in [0.15, 0.2) is 46.9 Å². The molecule has 0 spiro atoms. The lowest BCUT2D eigenvalue weighted by molar-refractivity contribution is -0.116. The SMILES string of the molecule is Cc1cccc(CCC(=O)Nc2cccc(C)c2Br)c1. The van der Waals surface area contributed by atoms with E-state index in [1.54, 1.807) is 0 Å². The van der Waals surface area contributed by atoms with Gasteiger partial charge in [-0.15, -0.1) is 0 Å². The van der Waals surface area contributed by atoms with Gasteiger partial charge in [0, 0.05) is 10.9 Å². The molecule has 0 radical (unpaired) electrons. The fourth-order valence-corrected chi connectivity index (χ4v) is 2.45. The zero-order valence-electron chi connectivity index (χ0n) is 11.7. The summed E-state index contributed by atoms with van der Waals surface area (Å²) in [7, 11) is 0. The van der Waals surface area contributed by atoms with Gasteiger partial charge in [0.1, 0.15) is 0 Å². The van der Waals surface area contributed by atoms with Gasteiger partial charge in [0.05, 0.1) is 5.69 Å². The number of hydrogen-bond donors (Lipinski definition) is 1. The quantitative estimate of drug-likeness (QED) is 0.868. The Morgan fingerprint density at radius 1 is 1.15 bits per heavy atom. The Morgan fingerprint density at radius 3 is 2.65 bits per heavy atom.